The van der Waals surface area contributed by atoms with Gasteiger partial charge in [-0.2, -0.15) is 0 Å². The first-order valence-electron chi connectivity index (χ1n) is 7.95. The third-order valence-corrected chi connectivity index (χ3v) is 3.95. The lowest BCUT2D eigenvalue weighted by atomic mass is 10.1. The van der Waals surface area contributed by atoms with E-state index in [1.165, 1.54) is 0 Å². The van der Waals surface area contributed by atoms with E-state index >= 15 is 0 Å². The summed E-state index contributed by atoms with van der Waals surface area (Å²) < 4.78 is 4.93. The van der Waals surface area contributed by atoms with Crippen LogP contribution in [0, 0.1) is 6.92 Å². The summed E-state index contributed by atoms with van der Waals surface area (Å²) in [6.07, 6.45) is 1.44. The number of anilines is 1. The Hall–Kier alpha value is -2.83. The van der Waals surface area contributed by atoms with Gasteiger partial charge in [-0.3, -0.25) is 10.1 Å². The molecule has 1 aliphatic rings. The zero-order valence-corrected chi connectivity index (χ0v) is 13.5. The number of carbonyl (C=O) groups is 2. The molecule has 2 aromatic rings. The van der Waals surface area contributed by atoms with Crippen LogP contribution in [0.25, 0.3) is 0 Å². The predicted octanol–water partition coefficient (Wildman–Crippen LogP) is 2.47. The van der Waals surface area contributed by atoms with Crippen LogP contribution in [0.2, 0.25) is 0 Å². The van der Waals surface area contributed by atoms with Gasteiger partial charge in [0.05, 0.1) is 6.04 Å². The second-order valence-electron chi connectivity index (χ2n) is 5.83. The van der Waals surface area contributed by atoms with E-state index in [9.17, 15) is 9.59 Å². The van der Waals surface area contributed by atoms with Crippen LogP contribution in [0.15, 0.2) is 40.9 Å². The monoisotopic (exact) mass is 328 g/mol. The molecular weight excluding hydrogens is 308 g/mol. The minimum Gasteiger partial charge on any atom is -0.360 e. The molecule has 0 saturated carbocycles. The average molecular weight is 328 g/mol. The van der Waals surface area contributed by atoms with Crippen molar-refractivity contribution >= 4 is 17.8 Å². The van der Waals surface area contributed by atoms with Crippen molar-refractivity contribution in [2.75, 3.05) is 18.4 Å². The maximum Gasteiger partial charge on any atom is 0.321 e. The molecular formula is C17H20N4O3. The Bertz CT molecular complexity index is 714. The number of benzene rings is 1. The minimum atomic E-state index is -0.385. The Labute approximate surface area is 140 Å². The van der Waals surface area contributed by atoms with Gasteiger partial charge >= 0.3 is 6.03 Å². The van der Waals surface area contributed by atoms with Crippen molar-refractivity contribution in [3.05, 3.63) is 47.7 Å². The number of aromatic nitrogens is 1. The summed E-state index contributed by atoms with van der Waals surface area (Å²) in [4.78, 5) is 25.9. The summed E-state index contributed by atoms with van der Waals surface area (Å²) in [5.74, 6) is 1.10. The van der Waals surface area contributed by atoms with E-state index in [2.05, 4.69) is 15.8 Å². The van der Waals surface area contributed by atoms with Gasteiger partial charge in [-0.1, -0.05) is 35.5 Å². The predicted molar refractivity (Wildman–Crippen MR) is 88.4 cm³/mol. The molecule has 0 unspecified atom stereocenters. The second kappa shape index (κ2) is 7.16. The fourth-order valence-corrected chi connectivity index (χ4v) is 2.77. The Morgan fingerprint density at radius 1 is 1.38 bits per heavy atom. The Morgan fingerprint density at radius 2 is 2.17 bits per heavy atom. The fraction of sp³-hybridized carbons (Fsp3) is 0.353. The molecule has 24 heavy (non-hydrogen) atoms. The van der Waals surface area contributed by atoms with E-state index in [0.717, 1.165) is 18.5 Å². The Morgan fingerprint density at radius 3 is 2.79 bits per heavy atom. The number of rotatable bonds is 5. The average Bonchev–Trinajstić information content (AvgIpc) is 3.16. The number of hydrogen-bond acceptors (Lipinski definition) is 4. The summed E-state index contributed by atoms with van der Waals surface area (Å²) in [5.41, 5.74) is 0.948. The Kier molecular flexibility index (Phi) is 4.79. The number of nitrogens with zero attached hydrogens (tertiary/aromatic N) is 2. The van der Waals surface area contributed by atoms with Crippen molar-refractivity contribution < 1.29 is 14.1 Å². The van der Waals surface area contributed by atoms with Gasteiger partial charge in [0, 0.05) is 25.6 Å². The van der Waals surface area contributed by atoms with E-state index < -0.39 is 0 Å². The third-order valence-electron chi connectivity index (χ3n) is 3.95. The molecule has 1 aliphatic heterocycles. The fourth-order valence-electron chi connectivity index (χ4n) is 2.77. The number of likely N-dealkylation sites (tertiary alicyclic amines) is 1. The Balaban J connectivity index is 1.69. The van der Waals surface area contributed by atoms with E-state index in [1.807, 2.05) is 30.3 Å². The van der Waals surface area contributed by atoms with Gasteiger partial charge < -0.3 is 14.7 Å². The van der Waals surface area contributed by atoms with Crippen LogP contribution in [-0.2, 0) is 4.79 Å². The van der Waals surface area contributed by atoms with Gasteiger partial charge in [-0.25, -0.2) is 4.79 Å². The third kappa shape index (κ3) is 3.92. The van der Waals surface area contributed by atoms with Gasteiger partial charge in [0.25, 0.3) is 0 Å². The van der Waals surface area contributed by atoms with Crippen molar-refractivity contribution in [1.29, 1.82) is 0 Å². The van der Waals surface area contributed by atoms with Gasteiger partial charge in [0.1, 0.15) is 5.76 Å². The molecule has 1 atom stereocenters. The zero-order chi connectivity index (χ0) is 16.9. The zero-order valence-electron chi connectivity index (χ0n) is 13.5. The van der Waals surface area contributed by atoms with Crippen LogP contribution in [0.1, 0.15) is 30.2 Å². The van der Waals surface area contributed by atoms with E-state index in [4.69, 9.17) is 4.52 Å². The summed E-state index contributed by atoms with van der Waals surface area (Å²) in [7, 11) is 0. The van der Waals surface area contributed by atoms with Crippen molar-refractivity contribution in [3.8, 4) is 0 Å². The van der Waals surface area contributed by atoms with Crippen LogP contribution in [-0.4, -0.2) is 35.1 Å². The summed E-state index contributed by atoms with van der Waals surface area (Å²) in [5, 5.41) is 9.29. The molecule has 7 nitrogen and oxygen atoms in total. The van der Waals surface area contributed by atoms with Gasteiger partial charge in [0.2, 0.25) is 5.91 Å². The summed E-state index contributed by atoms with van der Waals surface area (Å²) in [6, 6.07) is 10.6. The molecule has 7 heteroatoms. The topological polar surface area (TPSA) is 87.5 Å². The molecule has 3 rings (SSSR count). The first kappa shape index (κ1) is 16.0. The van der Waals surface area contributed by atoms with Crippen LogP contribution in [0.5, 0.6) is 0 Å². The first-order chi connectivity index (χ1) is 11.6. The number of hydrogen-bond donors (Lipinski definition) is 2. The van der Waals surface area contributed by atoms with Crippen molar-refractivity contribution in [2.45, 2.75) is 25.8 Å². The number of aryl methyl sites for hydroxylation is 1. The van der Waals surface area contributed by atoms with E-state index in [0.29, 0.717) is 24.5 Å². The number of amides is 3. The molecule has 0 bridgehead atoms. The normalized spacial score (nSPS) is 15.4. The molecule has 0 radical (unpaired) electrons. The van der Waals surface area contributed by atoms with Crippen LogP contribution >= 0.6 is 0 Å². The lowest BCUT2D eigenvalue weighted by Gasteiger charge is -2.25. The second-order valence-corrected chi connectivity index (χ2v) is 5.83. The van der Waals surface area contributed by atoms with Gasteiger partial charge in [-0.15, -0.1) is 0 Å². The number of urea groups is 1. The quantitative estimate of drug-likeness (QED) is 0.882. The van der Waals surface area contributed by atoms with Crippen LogP contribution in [0.3, 0.4) is 0 Å². The molecule has 126 valence electrons. The number of carbonyl (C=O) groups excluding carboxylic acids is 2. The van der Waals surface area contributed by atoms with Gasteiger partial charge in [0.15, 0.2) is 5.82 Å². The molecule has 1 aromatic carbocycles. The van der Waals surface area contributed by atoms with E-state index in [-0.39, 0.29) is 18.0 Å². The highest BCUT2D eigenvalue weighted by atomic mass is 16.5. The van der Waals surface area contributed by atoms with E-state index in [1.54, 1.807) is 17.9 Å². The lowest BCUT2D eigenvalue weighted by molar-refractivity contribution is -0.128. The molecule has 1 fully saturated rings. The van der Waals surface area contributed by atoms with Gasteiger partial charge in [-0.05, 0) is 18.9 Å². The standard InChI is InChI=1S/C17H20N4O3/c1-12-10-15(20-24-12)19-17(23)18-14(13-6-3-2-4-7-13)11-21-9-5-8-16(21)22/h2-4,6-7,10,14H,5,8-9,11H2,1H3,(H2,18,19,20,23)/t14-/m1/s1. The molecule has 1 saturated heterocycles. The largest absolute Gasteiger partial charge is 0.360 e. The highest BCUT2D eigenvalue weighted by Crippen LogP contribution is 2.19. The maximum atomic E-state index is 12.3. The lowest BCUT2D eigenvalue weighted by Crippen LogP contribution is -2.40. The summed E-state index contributed by atoms with van der Waals surface area (Å²) in [6.45, 7) is 2.93. The molecule has 0 aliphatic carbocycles. The number of nitrogens with one attached hydrogen (secondary N) is 2. The summed E-state index contributed by atoms with van der Waals surface area (Å²) >= 11 is 0. The first-order valence-corrected chi connectivity index (χ1v) is 7.95. The van der Waals surface area contributed by atoms with Crippen molar-refractivity contribution in [3.63, 3.8) is 0 Å². The highest BCUT2D eigenvalue weighted by Gasteiger charge is 2.25. The highest BCUT2D eigenvalue weighted by molar-refractivity contribution is 5.88. The smallest absolute Gasteiger partial charge is 0.321 e. The van der Waals surface area contributed by atoms with Crippen molar-refractivity contribution in [2.24, 2.45) is 0 Å². The minimum absolute atomic E-state index is 0.130. The van der Waals surface area contributed by atoms with Crippen LogP contribution in [0.4, 0.5) is 10.6 Å². The molecule has 3 amide bonds. The molecule has 2 heterocycles. The maximum absolute atomic E-state index is 12.3. The van der Waals surface area contributed by atoms with Crippen molar-refractivity contribution in [1.82, 2.24) is 15.4 Å². The molecule has 0 spiro atoms. The van der Waals surface area contributed by atoms with Crippen LogP contribution < -0.4 is 10.6 Å². The molecule has 2 N–H and O–H groups in total. The molecule has 1 aromatic heterocycles. The SMILES string of the molecule is Cc1cc(NC(=O)N[C@H](CN2CCCC2=O)c2ccccc2)no1.